The van der Waals surface area contributed by atoms with Crippen molar-refractivity contribution in [1.82, 2.24) is 4.31 Å². The zero-order valence-corrected chi connectivity index (χ0v) is 9.15. The van der Waals surface area contributed by atoms with E-state index in [1.54, 1.807) is 4.31 Å². The molecular weight excluding hydrogens is 174 g/mol. The third kappa shape index (κ3) is 4.18. The van der Waals surface area contributed by atoms with Crippen LogP contribution < -0.4 is 0 Å². The van der Waals surface area contributed by atoms with Gasteiger partial charge in [0.1, 0.15) is 0 Å². The summed E-state index contributed by atoms with van der Waals surface area (Å²) < 4.78 is 21.2. The van der Waals surface area contributed by atoms with E-state index < -0.39 is 11.3 Å². The molecule has 0 fully saturated rings. The molecular formula is C8H19NO2S. The van der Waals surface area contributed by atoms with E-state index in [-0.39, 0.29) is 5.41 Å². The minimum Gasteiger partial charge on any atom is -0.294 e. The van der Waals surface area contributed by atoms with Crippen molar-refractivity contribution >= 4 is 11.3 Å². The summed E-state index contributed by atoms with van der Waals surface area (Å²) in [4.78, 5) is 0. The number of hydrogen-bond acceptors (Lipinski definition) is 1. The summed E-state index contributed by atoms with van der Waals surface area (Å²) in [6.07, 6.45) is 1.01. The van der Waals surface area contributed by atoms with Crippen molar-refractivity contribution in [3.05, 3.63) is 0 Å². The standard InChI is InChI=1S/C8H19NO2S/c1-5-8(3,4)7-9(6-2)12(10)11/h5-7H2,1-4H3,(H,10,11). The van der Waals surface area contributed by atoms with E-state index in [1.165, 1.54) is 0 Å². The maximum atomic E-state index is 10.8. The van der Waals surface area contributed by atoms with Crippen molar-refractivity contribution in [2.45, 2.75) is 34.1 Å². The lowest BCUT2D eigenvalue weighted by atomic mass is 9.90. The molecule has 0 rings (SSSR count). The quantitative estimate of drug-likeness (QED) is 0.677. The summed E-state index contributed by atoms with van der Waals surface area (Å²) in [5.74, 6) is 0. The highest BCUT2D eigenvalue weighted by Crippen LogP contribution is 2.21. The lowest BCUT2D eigenvalue weighted by Gasteiger charge is -2.28. The largest absolute Gasteiger partial charge is 0.294 e. The van der Waals surface area contributed by atoms with Crippen molar-refractivity contribution in [2.24, 2.45) is 5.41 Å². The second kappa shape index (κ2) is 4.94. The summed E-state index contributed by atoms with van der Waals surface area (Å²) in [7, 11) is 0. The Kier molecular flexibility index (Phi) is 4.97. The van der Waals surface area contributed by atoms with Gasteiger partial charge in [-0.1, -0.05) is 27.7 Å². The van der Waals surface area contributed by atoms with E-state index in [1.807, 2.05) is 6.92 Å². The van der Waals surface area contributed by atoms with Gasteiger partial charge < -0.3 is 0 Å². The predicted octanol–water partition coefficient (Wildman–Crippen LogP) is 1.88. The third-order valence-corrected chi connectivity index (χ3v) is 2.96. The normalized spacial score (nSPS) is 15.2. The molecule has 0 aliphatic carbocycles. The van der Waals surface area contributed by atoms with E-state index in [2.05, 4.69) is 20.8 Å². The van der Waals surface area contributed by atoms with Crippen LogP contribution >= 0.6 is 0 Å². The lowest BCUT2D eigenvalue weighted by molar-refractivity contribution is 0.254. The van der Waals surface area contributed by atoms with Gasteiger partial charge in [-0.25, -0.2) is 8.51 Å². The predicted molar refractivity (Wildman–Crippen MR) is 52.1 cm³/mol. The lowest BCUT2D eigenvalue weighted by Crippen LogP contribution is -2.34. The molecule has 12 heavy (non-hydrogen) atoms. The average molecular weight is 193 g/mol. The topological polar surface area (TPSA) is 40.5 Å². The summed E-state index contributed by atoms with van der Waals surface area (Å²) in [5, 5.41) is 0. The van der Waals surface area contributed by atoms with Crippen LogP contribution in [0.15, 0.2) is 0 Å². The smallest absolute Gasteiger partial charge is 0.234 e. The monoisotopic (exact) mass is 193 g/mol. The molecule has 0 aromatic heterocycles. The highest BCUT2D eigenvalue weighted by molar-refractivity contribution is 7.76. The highest BCUT2D eigenvalue weighted by atomic mass is 32.2. The van der Waals surface area contributed by atoms with Crippen LogP contribution in [-0.2, 0) is 11.3 Å². The van der Waals surface area contributed by atoms with E-state index >= 15 is 0 Å². The van der Waals surface area contributed by atoms with E-state index in [0.29, 0.717) is 13.1 Å². The first kappa shape index (κ1) is 12.1. The van der Waals surface area contributed by atoms with Crippen LogP contribution in [0.2, 0.25) is 0 Å². The van der Waals surface area contributed by atoms with Gasteiger partial charge in [0.15, 0.2) is 0 Å². The Labute approximate surface area is 77.6 Å². The van der Waals surface area contributed by atoms with Gasteiger partial charge in [0.2, 0.25) is 11.3 Å². The molecule has 74 valence electrons. The zero-order chi connectivity index (χ0) is 9.78. The fourth-order valence-electron chi connectivity index (χ4n) is 0.867. The number of nitrogens with zero attached hydrogens (tertiary/aromatic N) is 1. The van der Waals surface area contributed by atoms with Crippen molar-refractivity contribution in [3.63, 3.8) is 0 Å². The van der Waals surface area contributed by atoms with Crippen LogP contribution in [0.4, 0.5) is 0 Å². The van der Waals surface area contributed by atoms with Crippen molar-refractivity contribution in [2.75, 3.05) is 13.1 Å². The fourth-order valence-corrected chi connectivity index (χ4v) is 1.55. The SMILES string of the molecule is CCN(CC(C)(C)CC)S(=O)O. The Morgan fingerprint density at radius 2 is 1.92 bits per heavy atom. The molecule has 0 heterocycles. The number of hydrogen-bond donors (Lipinski definition) is 1. The molecule has 0 radical (unpaired) electrons. The van der Waals surface area contributed by atoms with Gasteiger partial charge >= 0.3 is 0 Å². The van der Waals surface area contributed by atoms with Crippen LogP contribution in [0.1, 0.15) is 34.1 Å². The van der Waals surface area contributed by atoms with E-state index in [4.69, 9.17) is 4.55 Å². The summed E-state index contributed by atoms with van der Waals surface area (Å²) in [5.41, 5.74) is 0.119. The van der Waals surface area contributed by atoms with Gasteiger partial charge in [0.05, 0.1) is 0 Å². The van der Waals surface area contributed by atoms with Crippen molar-refractivity contribution in [3.8, 4) is 0 Å². The molecule has 0 aliphatic rings. The summed E-state index contributed by atoms with van der Waals surface area (Å²) in [6.45, 7) is 9.47. The van der Waals surface area contributed by atoms with Gasteiger partial charge in [0, 0.05) is 13.1 Å². The Bertz CT molecular complexity index is 159. The molecule has 3 nitrogen and oxygen atoms in total. The molecule has 0 saturated heterocycles. The average Bonchev–Trinajstić information content (AvgIpc) is 2.00. The molecule has 1 unspecified atom stereocenters. The van der Waals surface area contributed by atoms with E-state index in [9.17, 15) is 4.21 Å². The Morgan fingerprint density at radius 1 is 1.42 bits per heavy atom. The molecule has 0 aromatic rings. The Hall–Kier alpha value is 0.0700. The Balaban J connectivity index is 4.11. The van der Waals surface area contributed by atoms with Gasteiger partial charge in [-0.2, -0.15) is 0 Å². The van der Waals surface area contributed by atoms with E-state index in [0.717, 1.165) is 6.42 Å². The molecule has 4 heteroatoms. The molecule has 1 N–H and O–H groups in total. The third-order valence-electron chi connectivity index (χ3n) is 2.14. The summed E-state index contributed by atoms with van der Waals surface area (Å²) >= 11 is -1.82. The maximum absolute atomic E-state index is 10.8. The second-order valence-electron chi connectivity index (χ2n) is 3.70. The highest BCUT2D eigenvalue weighted by Gasteiger charge is 2.21. The molecule has 0 spiro atoms. The van der Waals surface area contributed by atoms with Crippen LogP contribution in [0.25, 0.3) is 0 Å². The molecule has 0 aromatic carbocycles. The minimum absolute atomic E-state index is 0.119. The van der Waals surface area contributed by atoms with Gasteiger partial charge in [0.25, 0.3) is 0 Å². The fraction of sp³-hybridized carbons (Fsp3) is 1.00. The van der Waals surface area contributed by atoms with Crippen LogP contribution in [0, 0.1) is 5.41 Å². The first-order valence-electron chi connectivity index (χ1n) is 4.29. The maximum Gasteiger partial charge on any atom is 0.234 e. The van der Waals surface area contributed by atoms with Crippen LogP contribution in [0.5, 0.6) is 0 Å². The first-order chi connectivity index (χ1) is 5.43. The zero-order valence-electron chi connectivity index (χ0n) is 8.33. The molecule has 0 amide bonds. The minimum atomic E-state index is -1.82. The van der Waals surface area contributed by atoms with Crippen molar-refractivity contribution in [1.29, 1.82) is 0 Å². The van der Waals surface area contributed by atoms with Gasteiger partial charge in [-0.15, -0.1) is 0 Å². The van der Waals surface area contributed by atoms with Gasteiger partial charge in [-0.05, 0) is 11.8 Å². The van der Waals surface area contributed by atoms with Crippen molar-refractivity contribution < 1.29 is 8.76 Å². The Morgan fingerprint density at radius 3 is 2.17 bits per heavy atom. The van der Waals surface area contributed by atoms with Crippen LogP contribution in [-0.4, -0.2) is 26.2 Å². The van der Waals surface area contributed by atoms with Gasteiger partial charge in [-0.3, -0.25) is 4.55 Å². The molecule has 0 bridgehead atoms. The molecule has 0 saturated carbocycles. The summed E-state index contributed by atoms with van der Waals surface area (Å²) in [6, 6.07) is 0. The second-order valence-corrected chi connectivity index (χ2v) is 4.68. The molecule has 1 atom stereocenters. The number of rotatable bonds is 5. The first-order valence-corrected chi connectivity index (χ1v) is 5.35. The van der Waals surface area contributed by atoms with Crippen LogP contribution in [0.3, 0.4) is 0 Å². The molecule has 0 aliphatic heterocycles.